The van der Waals surface area contributed by atoms with E-state index in [1.165, 1.54) is 5.56 Å². The van der Waals surface area contributed by atoms with E-state index in [0.29, 0.717) is 6.61 Å². The fourth-order valence-corrected chi connectivity index (χ4v) is 1.81. The van der Waals surface area contributed by atoms with Gasteiger partial charge in [-0.3, -0.25) is 5.10 Å². The smallest absolute Gasteiger partial charge is 0.124 e. The van der Waals surface area contributed by atoms with Crippen molar-refractivity contribution in [2.45, 2.75) is 19.9 Å². The van der Waals surface area contributed by atoms with Crippen molar-refractivity contribution in [1.29, 1.82) is 0 Å². The van der Waals surface area contributed by atoms with Crippen LogP contribution in [0.2, 0.25) is 0 Å². The Morgan fingerprint density at radius 1 is 1.47 bits per heavy atom. The number of hydrogen-bond donors (Lipinski definition) is 2. The second-order valence-corrected chi connectivity index (χ2v) is 3.98. The molecule has 1 heterocycles. The summed E-state index contributed by atoms with van der Waals surface area (Å²) in [5.41, 5.74) is 9.34. The van der Waals surface area contributed by atoms with Crippen LogP contribution < -0.4 is 10.5 Å². The monoisotopic (exact) mass is 231 g/mol. The number of rotatable bonds is 4. The van der Waals surface area contributed by atoms with Gasteiger partial charge in [-0.15, -0.1) is 0 Å². The number of ether oxygens (including phenoxy) is 1. The lowest BCUT2D eigenvalue weighted by Gasteiger charge is -2.16. The minimum absolute atomic E-state index is 0.213. The number of hydrogen-bond acceptors (Lipinski definition) is 3. The predicted molar refractivity (Wildman–Crippen MR) is 67.0 cm³/mol. The van der Waals surface area contributed by atoms with Crippen LogP contribution in [0.25, 0.3) is 0 Å². The molecule has 0 aliphatic rings. The van der Waals surface area contributed by atoms with Crippen molar-refractivity contribution in [1.82, 2.24) is 10.2 Å². The molecule has 0 bridgehead atoms. The maximum Gasteiger partial charge on any atom is 0.124 e. The van der Waals surface area contributed by atoms with Gasteiger partial charge in [0.25, 0.3) is 0 Å². The Bertz CT molecular complexity index is 479. The Balaban J connectivity index is 2.38. The molecule has 17 heavy (non-hydrogen) atoms. The van der Waals surface area contributed by atoms with Gasteiger partial charge in [-0.1, -0.05) is 17.7 Å². The number of aryl methyl sites for hydroxylation is 1. The zero-order chi connectivity index (χ0) is 12.3. The second-order valence-electron chi connectivity index (χ2n) is 3.98. The van der Waals surface area contributed by atoms with Gasteiger partial charge in [0, 0.05) is 17.3 Å². The highest BCUT2D eigenvalue weighted by molar-refractivity contribution is 5.42. The molecule has 90 valence electrons. The minimum Gasteiger partial charge on any atom is -0.494 e. The molecule has 1 atom stereocenters. The molecule has 2 aromatic rings. The van der Waals surface area contributed by atoms with E-state index in [9.17, 15) is 0 Å². The summed E-state index contributed by atoms with van der Waals surface area (Å²) in [6.45, 7) is 4.64. The molecule has 0 saturated carbocycles. The zero-order valence-electron chi connectivity index (χ0n) is 10.1. The number of nitrogens with one attached hydrogen (secondary N) is 1. The summed E-state index contributed by atoms with van der Waals surface area (Å²) in [6.07, 6.45) is 3.55. The van der Waals surface area contributed by atoms with Gasteiger partial charge in [-0.2, -0.15) is 5.10 Å². The molecule has 0 radical (unpaired) electrons. The van der Waals surface area contributed by atoms with Gasteiger partial charge in [-0.05, 0) is 19.9 Å². The summed E-state index contributed by atoms with van der Waals surface area (Å²) in [4.78, 5) is 0. The number of H-pyrrole nitrogens is 1. The average molecular weight is 231 g/mol. The van der Waals surface area contributed by atoms with Gasteiger partial charge in [0.1, 0.15) is 5.75 Å². The second kappa shape index (κ2) is 5.01. The first-order chi connectivity index (χ1) is 8.22. The maximum atomic E-state index is 6.22. The molecule has 3 N–H and O–H groups in total. The highest BCUT2D eigenvalue weighted by atomic mass is 16.5. The van der Waals surface area contributed by atoms with Crippen LogP contribution in [0.3, 0.4) is 0 Å². The third-order valence-corrected chi connectivity index (χ3v) is 2.68. The molecule has 0 aliphatic heterocycles. The van der Waals surface area contributed by atoms with Crippen molar-refractivity contribution in [2.75, 3.05) is 6.61 Å². The topological polar surface area (TPSA) is 63.9 Å². The molecule has 4 nitrogen and oxygen atoms in total. The first-order valence-corrected chi connectivity index (χ1v) is 5.70. The lowest BCUT2D eigenvalue weighted by Crippen LogP contribution is -2.13. The molecule has 0 amide bonds. The standard InChI is InChI=1S/C13H17N3O/c1-3-17-12-5-4-9(2)6-11(12)13(14)10-7-15-16-8-10/h4-8,13H,3,14H2,1-2H3,(H,15,16). The molecule has 4 heteroatoms. The van der Waals surface area contributed by atoms with Crippen molar-refractivity contribution in [3.8, 4) is 5.75 Å². The molecular weight excluding hydrogens is 214 g/mol. The molecule has 0 aliphatic carbocycles. The lowest BCUT2D eigenvalue weighted by molar-refractivity contribution is 0.335. The van der Waals surface area contributed by atoms with Crippen molar-refractivity contribution in [3.63, 3.8) is 0 Å². The van der Waals surface area contributed by atoms with Crippen LogP contribution in [0.1, 0.15) is 29.7 Å². The van der Waals surface area contributed by atoms with Crippen LogP contribution in [0.15, 0.2) is 30.6 Å². The summed E-state index contributed by atoms with van der Waals surface area (Å²) in [5.74, 6) is 0.840. The summed E-state index contributed by atoms with van der Waals surface area (Å²) in [6, 6.07) is 5.84. The van der Waals surface area contributed by atoms with Crippen molar-refractivity contribution in [2.24, 2.45) is 5.73 Å². The molecule has 2 rings (SSSR count). The summed E-state index contributed by atoms with van der Waals surface area (Å²) in [7, 11) is 0. The Hall–Kier alpha value is -1.81. The maximum absolute atomic E-state index is 6.22. The van der Waals surface area contributed by atoms with Crippen molar-refractivity contribution in [3.05, 3.63) is 47.3 Å². The molecule has 0 saturated heterocycles. The minimum atomic E-state index is -0.213. The van der Waals surface area contributed by atoms with Gasteiger partial charge in [0.15, 0.2) is 0 Å². The average Bonchev–Trinajstić information content (AvgIpc) is 2.84. The largest absolute Gasteiger partial charge is 0.494 e. The molecular formula is C13H17N3O. The van der Waals surface area contributed by atoms with Crippen LogP contribution >= 0.6 is 0 Å². The van der Waals surface area contributed by atoms with Crippen LogP contribution in [0, 0.1) is 6.92 Å². The first-order valence-electron chi connectivity index (χ1n) is 5.70. The number of benzene rings is 1. The van der Waals surface area contributed by atoms with Gasteiger partial charge in [0.2, 0.25) is 0 Å². The quantitative estimate of drug-likeness (QED) is 0.847. The van der Waals surface area contributed by atoms with Gasteiger partial charge < -0.3 is 10.5 Å². The first kappa shape index (κ1) is 11.7. The molecule has 0 spiro atoms. The third kappa shape index (κ3) is 2.47. The molecule has 1 unspecified atom stereocenters. The van der Waals surface area contributed by atoms with Crippen LogP contribution in [-0.4, -0.2) is 16.8 Å². The fourth-order valence-electron chi connectivity index (χ4n) is 1.81. The Morgan fingerprint density at radius 2 is 2.29 bits per heavy atom. The van der Waals surface area contributed by atoms with E-state index >= 15 is 0 Å². The van der Waals surface area contributed by atoms with E-state index in [2.05, 4.69) is 16.3 Å². The van der Waals surface area contributed by atoms with E-state index in [-0.39, 0.29) is 6.04 Å². The SMILES string of the molecule is CCOc1ccc(C)cc1C(N)c1cn[nH]c1. The summed E-state index contributed by atoms with van der Waals surface area (Å²) < 4.78 is 5.60. The van der Waals surface area contributed by atoms with Gasteiger partial charge in [-0.25, -0.2) is 0 Å². The fraction of sp³-hybridized carbons (Fsp3) is 0.308. The lowest BCUT2D eigenvalue weighted by atomic mass is 9.99. The molecule has 1 aromatic heterocycles. The highest BCUT2D eigenvalue weighted by Gasteiger charge is 2.15. The van der Waals surface area contributed by atoms with E-state index in [1.54, 1.807) is 6.20 Å². The number of nitrogens with two attached hydrogens (primary N) is 1. The van der Waals surface area contributed by atoms with Crippen LogP contribution in [0.5, 0.6) is 5.75 Å². The predicted octanol–water partition coefficient (Wildman–Crippen LogP) is 2.16. The Kier molecular flexibility index (Phi) is 3.44. The number of nitrogens with zero attached hydrogens (tertiary/aromatic N) is 1. The molecule has 1 aromatic carbocycles. The van der Waals surface area contributed by atoms with E-state index in [0.717, 1.165) is 16.9 Å². The summed E-state index contributed by atoms with van der Waals surface area (Å²) in [5, 5.41) is 6.70. The van der Waals surface area contributed by atoms with Crippen molar-refractivity contribution >= 4 is 0 Å². The van der Waals surface area contributed by atoms with Gasteiger partial charge >= 0.3 is 0 Å². The number of aromatic nitrogens is 2. The Morgan fingerprint density at radius 3 is 2.94 bits per heavy atom. The van der Waals surface area contributed by atoms with Gasteiger partial charge in [0.05, 0.1) is 18.8 Å². The Labute approximate surface area is 101 Å². The van der Waals surface area contributed by atoms with Crippen molar-refractivity contribution < 1.29 is 4.74 Å². The van der Waals surface area contributed by atoms with Crippen LogP contribution in [0.4, 0.5) is 0 Å². The van der Waals surface area contributed by atoms with E-state index in [4.69, 9.17) is 10.5 Å². The molecule has 0 fully saturated rings. The third-order valence-electron chi connectivity index (χ3n) is 2.68. The highest BCUT2D eigenvalue weighted by Crippen LogP contribution is 2.28. The zero-order valence-corrected chi connectivity index (χ0v) is 10.1. The van der Waals surface area contributed by atoms with E-state index < -0.39 is 0 Å². The van der Waals surface area contributed by atoms with Crippen LogP contribution in [-0.2, 0) is 0 Å². The summed E-state index contributed by atoms with van der Waals surface area (Å²) >= 11 is 0. The van der Waals surface area contributed by atoms with E-state index in [1.807, 2.05) is 32.2 Å². The number of aromatic amines is 1. The normalized spacial score (nSPS) is 12.4.